The summed E-state index contributed by atoms with van der Waals surface area (Å²) >= 11 is 0. The molecular formula is C18H18N4O2. The molecule has 0 unspecified atom stereocenters. The zero-order valence-electron chi connectivity index (χ0n) is 13.3. The molecule has 3 amide bonds. The van der Waals surface area contributed by atoms with Crippen molar-refractivity contribution in [3.05, 3.63) is 60.2 Å². The highest BCUT2D eigenvalue weighted by atomic mass is 16.2. The molecule has 0 atom stereocenters. The molecule has 0 saturated carbocycles. The summed E-state index contributed by atoms with van der Waals surface area (Å²) in [5.74, 6) is -0.192. The van der Waals surface area contributed by atoms with Crippen molar-refractivity contribution in [1.82, 2.24) is 5.32 Å². The van der Waals surface area contributed by atoms with Crippen LogP contribution in [0.4, 0.5) is 16.2 Å². The Balaban J connectivity index is 1.94. The van der Waals surface area contributed by atoms with Crippen molar-refractivity contribution in [1.29, 1.82) is 5.26 Å². The van der Waals surface area contributed by atoms with Gasteiger partial charge in [-0.3, -0.25) is 4.79 Å². The fourth-order valence-corrected chi connectivity index (χ4v) is 2.23. The second kappa shape index (κ2) is 8.34. The second-order valence-electron chi connectivity index (χ2n) is 5.05. The van der Waals surface area contributed by atoms with Crippen LogP contribution in [-0.2, 0) is 4.79 Å². The molecule has 2 aromatic rings. The Morgan fingerprint density at radius 2 is 1.75 bits per heavy atom. The first kappa shape index (κ1) is 17.0. The van der Waals surface area contributed by atoms with Gasteiger partial charge >= 0.3 is 6.03 Å². The van der Waals surface area contributed by atoms with Gasteiger partial charge in [-0.2, -0.15) is 5.26 Å². The Bertz CT molecular complexity index is 753. The predicted molar refractivity (Wildman–Crippen MR) is 92.6 cm³/mol. The van der Waals surface area contributed by atoms with E-state index >= 15 is 0 Å². The highest BCUT2D eigenvalue weighted by Gasteiger charge is 2.15. The van der Waals surface area contributed by atoms with E-state index < -0.39 is 0 Å². The first-order valence-corrected chi connectivity index (χ1v) is 7.49. The number of carbonyl (C=O) groups is 2. The molecule has 2 N–H and O–H groups in total. The average Bonchev–Trinajstić information content (AvgIpc) is 2.59. The van der Waals surface area contributed by atoms with Gasteiger partial charge in [-0.05, 0) is 24.3 Å². The van der Waals surface area contributed by atoms with Crippen molar-refractivity contribution in [2.24, 2.45) is 0 Å². The summed E-state index contributed by atoms with van der Waals surface area (Å²) in [4.78, 5) is 25.2. The molecule has 0 bridgehead atoms. The van der Waals surface area contributed by atoms with Gasteiger partial charge in [-0.1, -0.05) is 30.3 Å². The van der Waals surface area contributed by atoms with Crippen LogP contribution in [0.1, 0.15) is 12.5 Å². The van der Waals surface area contributed by atoms with E-state index in [4.69, 9.17) is 5.26 Å². The lowest BCUT2D eigenvalue weighted by Gasteiger charge is -2.22. The molecule has 0 aromatic heterocycles. The lowest BCUT2D eigenvalue weighted by molar-refractivity contribution is -0.116. The minimum atomic E-state index is -0.349. The van der Waals surface area contributed by atoms with E-state index in [1.54, 1.807) is 36.4 Å². The third-order valence-corrected chi connectivity index (χ3v) is 3.35. The van der Waals surface area contributed by atoms with E-state index in [0.717, 1.165) is 0 Å². The van der Waals surface area contributed by atoms with Crippen LogP contribution < -0.4 is 15.5 Å². The predicted octanol–water partition coefficient (Wildman–Crippen LogP) is 2.73. The highest BCUT2D eigenvalue weighted by molar-refractivity contribution is 5.93. The van der Waals surface area contributed by atoms with Crippen LogP contribution >= 0.6 is 0 Å². The fourth-order valence-electron chi connectivity index (χ4n) is 2.23. The Morgan fingerprint density at radius 1 is 1.08 bits per heavy atom. The van der Waals surface area contributed by atoms with Gasteiger partial charge < -0.3 is 15.5 Å². The third-order valence-electron chi connectivity index (χ3n) is 3.35. The molecule has 24 heavy (non-hydrogen) atoms. The van der Waals surface area contributed by atoms with Gasteiger partial charge in [-0.25, -0.2) is 4.79 Å². The largest absolute Gasteiger partial charge is 0.336 e. The number of hydrogen-bond donors (Lipinski definition) is 2. The van der Waals surface area contributed by atoms with Crippen molar-refractivity contribution in [2.45, 2.75) is 6.92 Å². The van der Waals surface area contributed by atoms with Crippen molar-refractivity contribution >= 4 is 23.3 Å². The average molecular weight is 322 g/mol. The molecule has 6 nitrogen and oxygen atoms in total. The maximum absolute atomic E-state index is 11.9. The van der Waals surface area contributed by atoms with Gasteiger partial charge in [0.05, 0.1) is 11.3 Å². The molecule has 0 aliphatic heterocycles. The molecule has 2 aromatic carbocycles. The maximum Gasteiger partial charge on any atom is 0.319 e. The Morgan fingerprint density at radius 3 is 2.42 bits per heavy atom. The van der Waals surface area contributed by atoms with Gasteiger partial charge in [0.1, 0.15) is 6.07 Å². The molecule has 6 heteroatoms. The molecule has 0 saturated heterocycles. The summed E-state index contributed by atoms with van der Waals surface area (Å²) in [5.41, 5.74) is 1.65. The smallest absolute Gasteiger partial charge is 0.319 e. The van der Waals surface area contributed by atoms with Crippen molar-refractivity contribution in [3.63, 3.8) is 0 Å². The lowest BCUT2D eigenvalue weighted by Crippen LogP contribution is -2.39. The maximum atomic E-state index is 11.9. The van der Waals surface area contributed by atoms with Crippen LogP contribution in [0, 0.1) is 11.3 Å². The molecule has 122 valence electrons. The van der Waals surface area contributed by atoms with Crippen LogP contribution in [0.25, 0.3) is 0 Å². The summed E-state index contributed by atoms with van der Waals surface area (Å²) in [7, 11) is 0. The molecule has 0 fully saturated rings. The van der Waals surface area contributed by atoms with Crippen LogP contribution in [0.2, 0.25) is 0 Å². The van der Waals surface area contributed by atoms with Crippen molar-refractivity contribution < 1.29 is 9.59 Å². The van der Waals surface area contributed by atoms with Crippen LogP contribution in [0.5, 0.6) is 0 Å². The molecular weight excluding hydrogens is 304 g/mol. The van der Waals surface area contributed by atoms with Crippen molar-refractivity contribution in [2.75, 3.05) is 23.3 Å². The number of urea groups is 1. The quantitative estimate of drug-likeness (QED) is 0.887. The summed E-state index contributed by atoms with van der Waals surface area (Å²) < 4.78 is 0. The first-order chi connectivity index (χ1) is 11.6. The summed E-state index contributed by atoms with van der Waals surface area (Å²) in [6, 6.07) is 17.7. The summed E-state index contributed by atoms with van der Waals surface area (Å²) in [6.45, 7) is 1.96. The molecule has 0 radical (unpaired) electrons. The van der Waals surface area contributed by atoms with E-state index in [1.807, 2.05) is 18.2 Å². The number of nitriles is 1. The monoisotopic (exact) mass is 322 g/mol. The summed E-state index contributed by atoms with van der Waals surface area (Å²) in [5, 5.41) is 14.6. The van der Waals surface area contributed by atoms with Gasteiger partial charge in [0.2, 0.25) is 5.91 Å². The highest BCUT2D eigenvalue weighted by Crippen LogP contribution is 2.19. The van der Waals surface area contributed by atoms with E-state index in [-0.39, 0.29) is 25.0 Å². The Kier molecular flexibility index (Phi) is 5.92. The fraction of sp³-hybridized carbons (Fsp3) is 0.167. The number of benzene rings is 2. The minimum Gasteiger partial charge on any atom is -0.336 e. The standard InChI is InChI=1S/C18H18N4O2/c1-14(23)22(17-10-6-5-7-15(17)13-19)12-11-20-18(24)21-16-8-3-2-4-9-16/h2-10H,11-12H2,1H3,(H2,20,21,24). The normalized spacial score (nSPS) is 9.67. The summed E-state index contributed by atoms with van der Waals surface area (Å²) in [6.07, 6.45) is 0. The number of rotatable bonds is 5. The first-order valence-electron chi connectivity index (χ1n) is 7.49. The lowest BCUT2D eigenvalue weighted by atomic mass is 10.1. The van der Waals surface area contributed by atoms with E-state index in [0.29, 0.717) is 16.9 Å². The number of amides is 3. The number of para-hydroxylation sites is 2. The second-order valence-corrected chi connectivity index (χ2v) is 5.05. The van der Waals surface area contributed by atoms with Gasteiger partial charge in [0, 0.05) is 25.7 Å². The van der Waals surface area contributed by atoms with E-state index in [9.17, 15) is 9.59 Å². The van der Waals surface area contributed by atoms with Crippen LogP contribution in [-0.4, -0.2) is 25.0 Å². The number of nitrogens with one attached hydrogen (secondary N) is 2. The number of hydrogen-bond acceptors (Lipinski definition) is 3. The topological polar surface area (TPSA) is 85.2 Å². The molecule has 0 heterocycles. The molecule has 0 spiro atoms. The van der Waals surface area contributed by atoms with Crippen LogP contribution in [0.3, 0.4) is 0 Å². The Hall–Kier alpha value is -3.33. The molecule has 0 aliphatic rings. The van der Waals surface area contributed by atoms with Crippen molar-refractivity contribution in [3.8, 4) is 6.07 Å². The number of nitrogens with zero attached hydrogens (tertiary/aromatic N) is 2. The van der Waals surface area contributed by atoms with Crippen LogP contribution in [0.15, 0.2) is 54.6 Å². The SMILES string of the molecule is CC(=O)N(CCNC(=O)Nc1ccccc1)c1ccccc1C#N. The Labute approximate surface area is 140 Å². The zero-order chi connectivity index (χ0) is 17.4. The zero-order valence-corrected chi connectivity index (χ0v) is 13.3. The molecule has 2 rings (SSSR count). The van der Waals surface area contributed by atoms with Gasteiger partial charge in [-0.15, -0.1) is 0 Å². The van der Waals surface area contributed by atoms with Gasteiger partial charge in [0.15, 0.2) is 0 Å². The third kappa shape index (κ3) is 4.58. The van der Waals surface area contributed by atoms with E-state index in [2.05, 4.69) is 16.7 Å². The molecule has 0 aliphatic carbocycles. The number of carbonyl (C=O) groups excluding carboxylic acids is 2. The van der Waals surface area contributed by atoms with E-state index in [1.165, 1.54) is 11.8 Å². The van der Waals surface area contributed by atoms with Gasteiger partial charge in [0.25, 0.3) is 0 Å². The minimum absolute atomic E-state index is 0.192. The number of anilines is 2.